The van der Waals surface area contributed by atoms with Gasteiger partial charge >= 0.3 is 13.1 Å². The Morgan fingerprint density at radius 2 is 2.06 bits per heavy atom. The number of rotatable bonds is 5. The largest absolute Gasteiger partial charge is 0.547 e. The summed E-state index contributed by atoms with van der Waals surface area (Å²) in [6.45, 7) is 0. The molecular weight excluding hydrogens is 419 g/mol. The zero-order valence-electron chi connectivity index (χ0n) is 15.6. The topological polar surface area (TPSA) is 191 Å². The third-order valence-corrected chi connectivity index (χ3v) is 4.44. The average Bonchev–Trinajstić information content (AvgIpc) is 2.66. The minimum Gasteiger partial charge on any atom is -0.534 e. The molecule has 1 aliphatic rings. The van der Waals surface area contributed by atoms with Crippen LogP contribution in [0.4, 0.5) is 8.78 Å². The number of aromatic carboxylic acids is 1. The Balaban J connectivity index is 1.87. The van der Waals surface area contributed by atoms with Crippen molar-refractivity contribution in [2.45, 2.75) is 18.4 Å². The first-order valence-electron chi connectivity index (χ1n) is 8.73. The van der Waals surface area contributed by atoms with Gasteiger partial charge in [0.05, 0.1) is 12.1 Å². The predicted octanol–water partition coefficient (Wildman–Crippen LogP) is -0.573. The van der Waals surface area contributed by atoms with Crippen LogP contribution in [0.5, 0.6) is 11.5 Å². The lowest BCUT2D eigenvalue weighted by Crippen LogP contribution is -2.56. The second-order valence-electron chi connectivity index (χ2n) is 6.60. The van der Waals surface area contributed by atoms with Gasteiger partial charge in [-0.3, -0.25) is 15.2 Å². The number of carboxylic acid groups (broad SMARTS) is 1. The molecule has 0 saturated heterocycles. The Morgan fingerprint density at radius 3 is 2.68 bits per heavy atom. The molecule has 11 nitrogen and oxygen atoms in total. The highest BCUT2D eigenvalue weighted by molar-refractivity contribution is 6.47. The molecule has 2 heterocycles. The summed E-state index contributed by atoms with van der Waals surface area (Å²) in [5.74, 6) is -7.33. The number of fused-ring (bicyclic) bond motifs is 1. The van der Waals surface area contributed by atoms with Crippen LogP contribution < -0.4 is 21.0 Å². The van der Waals surface area contributed by atoms with Crippen LogP contribution in [-0.4, -0.2) is 51.1 Å². The maximum absolute atomic E-state index is 14.2. The molecule has 0 saturated carbocycles. The molecule has 1 aromatic heterocycles. The number of pyridine rings is 1. The normalized spacial score (nSPS) is 16.0. The van der Waals surface area contributed by atoms with Gasteiger partial charge in [-0.25, -0.2) is 13.6 Å². The van der Waals surface area contributed by atoms with E-state index >= 15 is 0 Å². The number of nitrogens with zero attached hydrogens (tertiary/aromatic N) is 1. The Kier molecular flexibility index (Phi) is 5.92. The molecule has 1 amide bonds. The quantitative estimate of drug-likeness (QED) is 0.183. The van der Waals surface area contributed by atoms with Gasteiger partial charge in [0.1, 0.15) is 28.6 Å². The fourth-order valence-electron chi connectivity index (χ4n) is 3.09. The maximum Gasteiger partial charge on any atom is 0.547 e. The van der Waals surface area contributed by atoms with E-state index in [1.807, 2.05) is 0 Å². The van der Waals surface area contributed by atoms with Crippen molar-refractivity contribution in [2.24, 2.45) is 5.73 Å². The zero-order chi connectivity index (χ0) is 22.9. The molecule has 2 atom stereocenters. The summed E-state index contributed by atoms with van der Waals surface area (Å²) >= 11 is 0. The van der Waals surface area contributed by atoms with Crippen LogP contribution in [0.1, 0.15) is 27.7 Å². The van der Waals surface area contributed by atoms with Crippen molar-refractivity contribution in [1.82, 2.24) is 15.6 Å². The van der Waals surface area contributed by atoms with Crippen molar-refractivity contribution in [3.8, 4) is 11.5 Å². The fraction of sp³-hybridized carbons (Fsp3) is 0.176. The number of guanidine groups is 1. The van der Waals surface area contributed by atoms with Crippen LogP contribution >= 0.6 is 0 Å². The smallest absolute Gasteiger partial charge is 0.534 e. The summed E-state index contributed by atoms with van der Waals surface area (Å²) in [4.78, 5) is 27.7. The highest BCUT2D eigenvalue weighted by Crippen LogP contribution is 2.32. The van der Waals surface area contributed by atoms with Gasteiger partial charge < -0.3 is 36.3 Å². The van der Waals surface area contributed by atoms with Crippen molar-refractivity contribution in [3.63, 3.8) is 0 Å². The van der Waals surface area contributed by atoms with Gasteiger partial charge in [-0.1, -0.05) is 6.07 Å². The van der Waals surface area contributed by atoms with E-state index in [0.717, 1.165) is 12.3 Å². The van der Waals surface area contributed by atoms with Crippen LogP contribution in [-0.2, 0) is 11.2 Å². The molecule has 8 N–H and O–H groups in total. The Hall–Kier alpha value is -3.94. The van der Waals surface area contributed by atoms with E-state index in [4.69, 9.17) is 15.8 Å². The standard InChI is InChI=1S/C17H16BF2N5O6/c19-8-2-1-6-3-10(18(30)31-14(6)11(8)16(28)29)24-15(27)13(25-17(21)22)12-9(20)4-7(26)5-23-12/h1-2,4-5,10,13,26,30H,3H2,(H,24,27)(H,28,29)(H4,21,22,25)/t10-,13?/m0/s1. The number of hydrogen-bond acceptors (Lipinski definition) is 7. The van der Waals surface area contributed by atoms with Crippen LogP contribution in [0, 0.1) is 17.0 Å². The molecule has 162 valence electrons. The van der Waals surface area contributed by atoms with Gasteiger partial charge in [0, 0.05) is 6.07 Å². The summed E-state index contributed by atoms with van der Waals surface area (Å²) in [5.41, 5.74) is 4.23. The summed E-state index contributed by atoms with van der Waals surface area (Å²) in [6.07, 6.45) is 0.748. The number of carboxylic acids is 1. The lowest BCUT2D eigenvalue weighted by atomic mass is 9.72. The minimum atomic E-state index is -1.76. The monoisotopic (exact) mass is 435 g/mol. The fourth-order valence-corrected chi connectivity index (χ4v) is 3.09. The van der Waals surface area contributed by atoms with E-state index in [2.05, 4.69) is 15.6 Å². The summed E-state index contributed by atoms with van der Waals surface area (Å²) < 4.78 is 33.2. The molecule has 2 aromatic rings. The van der Waals surface area contributed by atoms with Crippen molar-refractivity contribution < 1.29 is 38.3 Å². The SMILES string of the molecule is N=C(N)NC(C(=O)N[C@H]1Cc2ccc(F)c(C(=O)O)c2OB1O)c1ncc(O)cc1F. The number of aromatic hydroxyl groups is 1. The number of halogens is 2. The molecule has 0 fully saturated rings. The van der Waals surface area contributed by atoms with E-state index in [9.17, 15) is 33.6 Å². The van der Waals surface area contributed by atoms with Gasteiger partial charge in [0.2, 0.25) is 5.91 Å². The number of nitrogens with two attached hydrogens (primary N) is 1. The van der Waals surface area contributed by atoms with Crippen LogP contribution in [0.3, 0.4) is 0 Å². The second kappa shape index (κ2) is 8.43. The first-order valence-corrected chi connectivity index (χ1v) is 8.73. The molecule has 0 bridgehead atoms. The molecule has 3 rings (SSSR count). The van der Waals surface area contributed by atoms with E-state index in [0.29, 0.717) is 6.07 Å². The molecule has 31 heavy (non-hydrogen) atoms. The summed E-state index contributed by atoms with van der Waals surface area (Å²) in [7, 11) is -1.76. The Labute approximate surface area is 173 Å². The van der Waals surface area contributed by atoms with Gasteiger partial charge in [-0.15, -0.1) is 0 Å². The molecule has 0 radical (unpaired) electrons. The number of amides is 1. The molecule has 0 spiro atoms. The van der Waals surface area contributed by atoms with E-state index in [1.54, 1.807) is 0 Å². The van der Waals surface area contributed by atoms with Gasteiger partial charge in [-0.2, -0.15) is 0 Å². The third kappa shape index (κ3) is 4.48. The van der Waals surface area contributed by atoms with Crippen molar-refractivity contribution >= 4 is 25.0 Å². The first kappa shape index (κ1) is 21.8. The predicted molar refractivity (Wildman–Crippen MR) is 101 cm³/mol. The molecular formula is C17H16BF2N5O6. The van der Waals surface area contributed by atoms with Crippen molar-refractivity contribution in [2.75, 3.05) is 0 Å². The molecule has 0 aliphatic carbocycles. The van der Waals surface area contributed by atoms with Crippen LogP contribution in [0.25, 0.3) is 0 Å². The molecule has 1 aliphatic heterocycles. The van der Waals surface area contributed by atoms with Gasteiger partial charge in [-0.05, 0) is 18.1 Å². The van der Waals surface area contributed by atoms with E-state index < -0.39 is 65.6 Å². The Bertz CT molecular complexity index is 1070. The second-order valence-corrected chi connectivity index (χ2v) is 6.60. The van der Waals surface area contributed by atoms with Crippen LogP contribution in [0.15, 0.2) is 24.4 Å². The number of nitrogens with one attached hydrogen (secondary N) is 3. The molecule has 1 unspecified atom stereocenters. The number of hydrogen-bond donors (Lipinski definition) is 7. The average molecular weight is 435 g/mol. The molecule has 1 aromatic carbocycles. The Morgan fingerprint density at radius 1 is 1.35 bits per heavy atom. The maximum atomic E-state index is 14.2. The lowest BCUT2D eigenvalue weighted by Gasteiger charge is -2.30. The number of aromatic nitrogens is 1. The first-order chi connectivity index (χ1) is 14.6. The zero-order valence-corrected chi connectivity index (χ0v) is 15.6. The van der Waals surface area contributed by atoms with Crippen molar-refractivity contribution in [3.05, 3.63) is 52.9 Å². The number of carbonyl (C=O) groups excluding carboxylic acids is 1. The van der Waals surface area contributed by atoms with E-state index in [1.165, 1.54) is 6.07 Å². The summed E-state index contributed by atoms with van der Waals surface area (Å²) in [5, 5.41) is 40.6. The number of carbonyl (C=O) groups is 2. The molecule has 14 heteroatoms. The number of benzene rings is 1. The van der Waals surface area contributed by atoms with Gasteiger partial charge in [0.15, 0.2) is 17.8 Å². The van der Waals surface area contributed by atoms with Crippen LogP contribution in [0.2, 0.25) is 0 Å². The summed E-state index contributed by atoms with van der Waals surface area (Å²) in [6, 6.07) is 1.27. The third-order valence-electron chi connectivity index (χ3n) is 4.44. The van der Waals surface area contributed by atoms with Crippen molar-refractivity contribution in [1.29, 1.82) is 5.41 Å². The lowest BCUT2D eigenvalue weighted by molar-refractivity contribution is -0.123. The minimum absolute atomic E-state index is 0.138. The van der Waals surface area contributed by atoms with Gasteiger partial charge in [0.25, 0.3) is 0 Å². The van der Waals surface area contributed by atoms with E-state index in [-0.39, 0.29) is 17.7 Å². The highest BCUT2D eigenvalue weighted by Gasteiger charge is 2.40. The highest BCUT2D eigenvalue weighted by atomic mass is 19.1.